The minimum atomic E-state index is -4.82. The maximum Gasteiger partial charge on any atom is 0.573 e. The summed E-state index contributed by atoms with van der Waals surface area (Å²) in [5.74, 6) is 0.196. The van der Waals surface area contributed by atoms with Gasteiger partial charge in [-0.2, -0.15) is 9.40 Å². The minimum absolute atomic E-state index is 0.0834. The summed E-state index contributed by atoms with van der Waals surface area (Å²) in [7, 11) is -3.79. The van der Waals surface area contributed by atoms with Crippen molar-refractivity contribution in [1.29, 1.82) is 0 Å². The second kappa shape index (κ2) is 7.08. The summed E-state index contributed by atoms with van der Waals surface area (Å²) >= 11 is 0. The Labute approximate surface area is 148 Å². The van der Waals surface area contributed by atoms with Crippen LogP contribution in [-0.2, 0) is 10.0 Å². The molecule has 0 aliphatic carbocycles. The highest BCUT2D eigenvalue weighted by Gasteiger charge is 2.32. The van der Waals surface area contributed by atoms with Crippen molar-refractivity contribution in [2.24, 2.45) is 0 Å². The van der Waals surface area contributed by atoms with Crippen LogP contribution in [0.25, 0.3) is 0 Å². The van der Waals surface area contributed by atoms with Crippen molar-refractivity contribution in [3.8, 4) is 5.75 Å². The van der Waals surface area contributed by atoms with Crippen LogP contribution in [0.15, 0.2) is 47.5 Å². The molecule has 1 aliphatic rings. The van der Waals surface area contributed by atoms with Gasteiger partial charge >= 0.3 is 6.36 Å². The molecule has 1 aromatic heterocycles. The summed E-state index contributed by atoms with van der Waals surface area (Å²) in [6, 6.07) is 7.70. The lowest BCUT2D eigenvalue weighted by molar-refractivity contribution is -0.274. The van der Waals surface area contributed by atoms with Crippen LogP contribution in [0.5, 0.6) is 5.75 Å². The summed E-state index contributed by atoms with van der Waals surface area (Å²) in [5.41, 5.74) is 0. The second-order valence-electron chi connectivity index (χ2n) is 5.49. The van der Waals surface area contributed by atoms with Gasteiger partial charge in [-0.25, -0.2) is 8.42 Å². The molecule has 0 N–H and O–H groups in total. The monoisotopic (exact) mass is 388 g/mol. The number of ether oxygens (including phenoxy) is 1. The van der Waals surface area contributed by atoms with Crippen molar-refractivity contribution in [3.63, 3.8) is 0 Å². The molecule has 1 aromatic carbocycles. The van der Waals surface area contributed by atoms with E-state index in [0.29, 0.717) is 18.9 Å². The predicted molar refractivity (Wildman–Crippen MR) is 86.1 cm³/mol. The molecule has 0 spiro atoms. The average molecular weight is 388 g/mol. The van der Waals surface area contributed by atoms with Crippen molar-refractivity contribution in [3.05, 3.63) is 42.6 Å². The van der Waals surface area contributed by atoms with E-state index in [1.807, 2.05) is 4.90 Å². The number of alkyl halides is 3. The Morgan fingerprint density at radius 3 is 2.19 bits per heavy atom. The Morgan fingerprint density at radius 1 is 1.00 bits per heavy atom. The van der Waals surface area contributed by atoms with Crippen LogP contribution in [0.2, 0.25) is 0 Å². The Hall–Kier alpha value is -2.40. The Morgan fingerprint density at radius 2 is 1.65 bits per heavy atom. The number of hydrogen-bond acceptors (Lipinski definition) is 6. The van der Waals surface area contributed by atoms with Crippen LogP contribution in [-0.4, -0.2) is 55.5 Å². The van der Waals surface area contributed by atoms with Gasteiger partial charge in [0.15, 0.2) is 5.82 Å². The Bertz CT molecular complexity index is 837. The molecule has 0 radical (unpaired) electrons. The van der Waals surface area contributed by atoms with Crippen LogP contribution >= 0.6 is 0 Å². The molecule has 2 aromatic rings. The number of anilines is 1. The minimum Gasteiger partial charge on any atom is -0.406 e. The van der Waals surface area contributed by atoms with Crippen LogP contribution in [0, 0.1) is 0 Å². The number of rotatable bonds is 4. The summed E-state index contributed by atoms with van der Waals surface area (Å²) in [4.78, 5) is 1.83. The zero-order valence-corrected chi connectivity index (χ0v) is 14.2. The highest BCUT2D eigenvalue weighted by Crippen LogP contribution is 2.25. The normalized spacial score (nSPS) is 16.5. The van der Waals surface area contributed by atoms with Gasteiger partial charge in [0.1, 0.15) is 5.75 Å². The third kappa shape index (κ3) is 4.22. The Balaban J connectivity index is 1.67. The van der Waals surface area contributed by atoms with Gasteiger partial charge in [-0.3, -0.25) is 0 Å². The third-order valence-corrected chi connectivity index (χ3v) is 5.73. The van der Waals surface area contributed by atoms with Gasteiger partial charge < -0.3 is 9.64 Å². The van der Waals surface area contributed by atoms with Crippen molar-refractivity contribution in [2.75, 3.05) is 31.1 Å². The molecule has 2 heterocycles. The van der Waals surface area contributed by atoms with Crippen molar-refractivity contribution in [2.45, 2.75) is 11.3 Å². The van der Waals surface area contributed by atoms with Crippen LogP contribution in [0.3, 0.4) is 0 Å². The number of halogens is 3. The first-order chi connectivity index (χ1) is 12.3. The molecule has 1 saturated heterocycles. The molecule has 3 rings (SSSR count). The fraction of sp³-hybridized carbons (Fsp3) is 0.333. The summed E-state index contributed by atoms with van der Waals surface area (Å²) in [5, 5.41) is 7.78. The average Bonchev–Trinajstić information content (AvgIpc) is 2.62. The van der Waals surface area contributed by atoms with Crippen molar-refractivity contribution >= 4 is 15.8 Å². The fourth-order valence-corrected chi connectivity index (χ4v) is 4.00. The molecule has 1 aliphatic heterocycles. The topological polar surface area (TPSA) is 75.6 Å². The van der Waals surface area contributed by atoms with Crippen molar-refractivity contribution < 1.29 is 26.3 Å². The van der Waals surface area contributed by atoms with Crippen molar-refractivity contribution in [1.82, 2.24) is 14.5 Å². The molecule has 1 fully saturated rings. The highest BCUT2D eigenvalue weighted by molar-refractivity contribution is 7.89. The van der Waals surface area contributed by atoms with E-state index in [1.165, 1.54) is 4.31 Å². The molecular weight excluding hydrogens is 373 g/mol. The summed E-state index contributed by atoms with van der Waals surface area (Å²) < 4.78 is 66.9. The van der Waals surface area contributed by atoms with Gasteiger partial charge in [-0.1, -0.05) is 0 Å². The smallest absolute Gasteiger partial charge is 0.406 e. The highest BCUT2D eigenvalue weighted by atomic mass is 32.2. The fourth-order valence-electron chi connectivity index (χ4n) is 2.58. The molecule has 0 saturated carbocycles. The zero-order valence-electron chi connectivity index (χ0n) is 13.4. The summed E-state index contributed by atoms with van der Waals surface area (Å²) in [6.45, 7) is 1.35. The number of benzene rings is 1. The quantitative estimate of drug-likeness (QED) is 0.796. The van der Waals surface area contributed by atoms with Gasteiger partial charge in [0, 0.05) is 32.4 Å². The Kier molecular flexibility index (Phi) is 5.01. The van der Waals surface area contributed by atoms with E-state index in [9.17, 15) is 21.6 Å². The van der Waals surface area contributed by atoms with Gasteiger partial charge in [0.2, 0.25) is 10.0 Å². The first-order valence-electron chi connectivity index (χ1n) is 7.64. The molecule has 7 nitrogen and oxygen atoms in total. The molecule has 11 heteroatoms. The number of piperazine rings is 1. The molecule has 26 heavy (non-hydrogen) atoms. The van der Waals surface area contributed by atoms with E-state index in [0.717, 1.165) is 24.3 Å². The largest absolute Gasteiger partial charge is 0.573 e. The van der Waals surface area contributed by atoms with E-state index in [1.54, 1.807) is 18.3 Å². The second-order valence-corrected chi connectivity index (χ2v) is 7.43. The molecule has 140 valence electrons. The lowest BCUT2D eigenvalue weighted by atomic mass is 10.3. The van der Waals surface area contributed by atoms with Gasteiger partial charge in [-0.05, 0) is 36.4 Å². The van der Waals surface area contributed by atoms with E-state index in [-0.39, 0.29) is 18.0 Å². The number of hydrogen-bond donors (Lipinski definition) is 0. The van der Waals surface area contributed by atoms with Gasteiger partial charge in [0.25, 0.3) is 0 Å². The lowest BCUT2D eigenvalue weighted by Crippen LogP contribution is -2.48. The van der Waals surface area contributed by atoms with Crippen LogP contribution in [0.1, 0.15) is 0 Å². The standard InChI is InChI=1S/C15H15F3N4O3S/c16-15(17,18)25-12-3-5-13(6-4-12)26(23,24)22-10-8-21(9-11-22)14-2-1-7-19-20-14/h1-7H,8-11H2. The van der Waals surface area contributed by atoms with Crippen LogP contribution in [0.4, 0.5) is 19.0 Å². The van der Waals surface area contributed by atoms with E-state index >= 15 is 0 Å². The number of aromatic nitrogens is 2. The SMILES string of the molecule is O=S(=O)(c1ccc(OC(F)(F)F)cc1)N1CCN(c2cccnn2)CC1. The number of sulfonamides is 1. The zero-order chi connectivity index (χ0) is 18.8. The predicted octanol–water partition coefficient (Wildman–Crippen LogP) is 1.89. The molecule has 0 atom stereocenters. The maximum absolute atomic E-state index is 12.6. The molecule has 0 unspecified atom stereocenters. The maximum atomic E-state index is 12.6. The molecule has 0 amide bonds. The number of nitrogens with zero attached hydrogens (tertiary/aromatic N) is 4. The first-order valence-corrected chi connectivity index (χ1v) is 9.08. The first kappa shape index (κ1) is 18.4. The lowest BCUT2D eigenvalue weighted by Gasteiger charge is -2.34. The van der Waals surface area contributed by atoms with E-state index < -0.39 is 22.1 Å². The van der Waals surface area contributed by atoms with Gasteiger partial charge in [0.05, 0.1) is 4.90 Å². The molecule has 0 bridgehead atoms. The van der Waals surface area contributed by atoms with E-state index in [4.69, 9.17) is 0 Å². The van der Waals surface area contributed by atoms with Crippen LogP contribution < -0.4 is 9.64 Å². The third-order valence-electron chi connectivity index (χ3n) is 3.82. The van der Waals surface area contributed by atoms with E-state index in [2.05, 4.69) is 14.9 Å². The summed E-state index contributed by atoms with van der Waals surface area (Å²) in [6.07, 6.45) is -3.27. The van der Waals surface area contributed by atoms with Gasteiger partial charge in [-0.15, -0.1) is 18.3 Å². The molecular formula is C15H15F3N4O3S.